The molecule has 0 atom stereocenters. The van der Waals surface area contributed by atoms with Gasteiger partial charge in [0.1, 0.15) is 5.82 Å². The third-order valence-corrected chi connectivity index (χ3v) is 2.70. The molecule has 0 fully saturated rings. The number of imidazole rings is 1. The number of hydrogen-bond acceptors (Lipinski definition) is 3. The largest absolute Gasteiger partial charge is 0.379 e. The van der Waals surface area contributed by atoms with Crippen LogP contribution in [-0.2, 0) is 17.9 Å². The Kier molecular flexibility index (Phi) is 4.36. The van der Waals surface area contributed by atoms with Crippen LogP contribution in [0.1, 0.15) is 24.0 Å². The fourth-order valence-corrected chi connectivity index (χ4v) is 1.78. The first-order chi connectivity index (χ1) is 8.79. The summed E-state index contributed by atoms with van der Waals surface area (Å²) < 4.78 is 5.46. The van der Waals surface area contributed by atoms with E-state index in [2.05, 4.69) is 27.4 Å². The molecule has 0 saturated carbocycles. The molecule has 0 aliphatic carbocycles. The Bertz CT molecular complexity index is 493. The van der Waals surface area contributed by atoms with Crippen LogP contribution in [0.5, 0.6) is 0 Å². The molecule has 4 nitrogen and oxygen atoms in total. The molecule has 4 heteroatoms. The number of hydrogen-bond donors (Lipinski definition) is 2. The standard InChI is InChI=1S/C14H19N3O/c1-3-18-10-12-6-4-5-7-14(12)16-9-13-8-15-11(2)17-13/h4-8,16H,3,9-10H2,1-2H3,(H,15,17). The van der Waals surface area contributed by atoms with Gasteiger partial charge in [-0.3, -0.25) is 0 Å². The van der Waals surface area contributed by atoms with Gasteiger partial charge in [0, 0.05) is 17.9 Å². The summed E-state index contributed by atoms with van der Waals surface area (Å²) in [4.78, 5) is 7.38. The lowest BCUT2D eigenvalue weighted by molar-refractivity contribution is 0.134. The number of aromatic nitrogens is 2. The Morgan fingerprint density at radius 3 is 2.89 bits per heavy atom. The summed E-state index contributed by atoms with van der Waals surface area (Å²) in [6.07, 6.45) is 1.85. The van der Waals surface area contributed by atoms with Crippen molar-refractivity contribution >= 4 is 5.69 Å². The topological polar surface area (TPSA) is 49.9 Å². The van der Waals surface area contributed by atoms with Gasteiger partial charge in [0.15, 0.2) is 0 Å². The van der Waals surface area contributed by atoms with E-state index in [1.807, 2.05) is 32.2 Å². The zero-order valence-corrected chi connectivity index (χ0v) is 10.9. The Morgan fingerprint density at radius 1 is 1.33 bits per heavy atom. The van der Waals surface area contributed by atoms with Gasteiger partial charge in [-0.25, -0.2) is 4.98 Å². The number of para-hydroxylation sites is 1. The molecule has 2 rings (SSSR count). The summed E-state index contributed by atoms with van der Waals surface area (Å²) in [6.45, 7) is 6.07. The van der Waals surface area contributed by atoms with Gasteiger partial charge >= 0.3 is 0 Å². The van der Waals surface area contributed by atoms with E-state index in [9.17, 15) is 0 Å². The third-order valence-electron chi connectivity index (χ3n) is 2.70. The molecule has 0 amide bonds. The summed E-state index contributed by atoms with van der Waals surface area (Å²) >= 11 is 0. The van der Waals surface area contributed by atoms with Crippen LogP contribution in [0.3, 0.4) is 0 Å². The molecule has 1 aromatic heterocycles. The molecule has 96 valence electrons. The van der Waals surface area contributed by atoms with Crippen molar-refractivity contribution in [2.24, 2.45) is 0 Å². The van der Waals surface area contributed by atoms with Crippen LogP contribution in [0.15, 0.2) is 30.5 Å². The van der Waals surface area contributed by atoms with Crippen molar-refractivity contribution in [3.05, 3.63) is 47.5 Å². The Hall–Kier alpha value is -1.81. The highest BCUT2D eigenvalue weighted by atomic mass is 16.5. The SMILES string of the molecule is CCOCc1ccccc1NCc1cnc(C)[nH]1. The van der Waals surface area contributed by atoms with Crippen molar-refractivity contribution in [1.29, 1.82) is 0 Å². The predicted octanol–water partition coefficient (Wildman–Crippen LogP) is 2.87. The first-order valence-electron chi connectivity index (χ1n) is 6.19. The van der Waals surface area contributed by atoms with Crippen LogP contribution in [0.4, 0.5) is 5.69 Å². The molecule has 0 aliphatic heterocycles. The fourth-order valence-electron chi connectivity index (χ4n) is 1.78. The smallest absolute Gasteiger partial charge is 0.103 e. The number of aromatic amines is 1. The monoisotopic (exact) mass is 245 g/mol. The highest BCUT2D eigenvalue weighted by Crippen LogP contribution is 2.16. The first-order valence-corrected chi connectivity index (χ1v) is 6.19. The van der Waals surface area contributed by atoms with Gasteiger partial charge in [-0.1, -0.05) is 18.2 Å². The van der Waals surface area contributed by atoms with Crippen molar-refractivity contribution in [1.82, 2.24) is 9.97 Å². The maximum Gasteiger partial charge on any atom is 0.103 e. The highest BCUT2D eigenvalue weighted by Gasteiger charge is 2.02. The maximum absolute atomic E-state index is 5.46. The number of aryl methyl sites for hydroxylation is 1. The summed E-state index contributed by atoms with van der Waals surface area (Å²) in [6, 6.07) is 8.20. The Morgan fingerprint density at radius 2 is 2.17 bits per heavy atom. The molecular weight excluding hydrogens is 226 g/mol. The summed E-state index contributed by atoms with van der Waals surface area (Å²) in [5.74, 6) is 0.939. The lowest BCUT2D eigenvalue weighted by atomic mass is 10.2. The maximum atomic E-state index is 5.46. The molecule has 0 aliphatic rings. The van der Waals surface area contributed by atoms with Crippen molar-refractivity contribution < 1.29 is 4.74 Å². The second-order valence-electron chi connectivity index (χ2n) is 4.14. The molecule has 2 aromatic rings. The van der Waals surface area contributed by atoms with Crippen LogP contribution in [-0.4, -0.2) is 16.6 Å². The van der Waals surface area contributed by atoms with E-state index in [0.29, 0.717) is 6.61 Å². The van der Waals surface area contributed by atoms with E-state index in [1.165, 1.54) is 5.56 Å². The lowest BCUT2D eigenvalue weighted by Crippen LogP contribution is -2.04. The third kappa shape index (κ3) is 3.34. The molecule has 0 bridgehead atoms. The van der Waals surface area contributed by atoms with Crippen molar-refractivity contribution in [3.63, 3.8) is 0 Å². The first kappa shape index (κ1) is 12.6. The molecule has 0 saturated heterocycles. The number of nitrogens with zero attached hydrogens (tertiary/aromatic N) is 1. The molecule has 1 heterocycles. The number of ether oxygens (including phenoxy) is 1. The molecule has 0 spiro atoms. The average Bonchev–Trinajstić information content (AvgIpc) is 2.81. The lowest BCUT2D eigenvalue weighted by Gasteiger charge is -2.11. The van der Waals surface area contributed by atoms with E-state index in [1.54, 1.807) is 0 Å². The van der Waals surface area contributed by atoms with Gasteiger partial charge in [0.2, 0.25) is 0 Å². The van der Waals surface area contributed by atoms with Gasteiger partial charge in [-0.15, -0.1) is 0 Å². The van der Waals surface area contributed by atoms with E-state index in [-0.39, 0.29) is 0 Å². The molecular formula is C14H19N3O. The van der Waals surface area contributed by atoms with Gasteiger partial charge in [-0.05, 0) is 19.9 Å². The van der Waals surface area contributed by atoms with Crippen LogP contribution >= 0.6 is 0 Å². The van der Waals surface area contributed by atoms with Crippen LogP contribution in [0.25, 0.3) is 0 Å². The zero-order valence-electron chi connectivity index (χ0n) is 10.9. The van der Waals surface area contributed by atoms with E-state index in [4.69, 9.17) is 4.74 Å². The number of benzene rings is 1. The molecule has 0 radical (unpaired) electrons. The van der Waals surface area contributed by atoms with Crippen LogP contribution in [0.2, 0.25) is 0 Å². The summed E-state index contributed by atoms with van der Waals surface area (Å²) in [5.41, 5.74) is 3.37. The van der Waals surface area contributed by atoms with Gasteiger partial charge in [-0.2, -0.15) is 0 Å². The van der Waals surface area contributed by atoms with E-state index < -0.39 is 0 Å². The molecule has 18 heavy (non-hydrogen) atoms. The highest BCUT2D eigenvalue weighted by molar-refractivity contribution is 5.50. The van der Waals surface area contributed by atoms with Gasteiger partial charge < -0.3 is 15.0 Å². The minimum absolute atomic E-state index is 0.641. The number of H-pyrrole nitrogens is 1. The van der Waals surface area contributed by atoms with Crippen molar-refractivity contribution in [3.8, 4) is 0 Å². The average molecular weight is 245 g/mol. The van der Waals surface area contributed by atoms with Gasteiger partial charge in [0.25, 0.3) is 0 Å². The fraction of sp³-hybridized carbons (Fsp3) is 0.357. The predicted molar refractivity (Wildman–Crippen MR) is 72.4 cm³/mol. The van der Waals surface area contributed by atoms with Crippen molar-refractivity contribution in [2.75, 3.05) is 11.9 Å². The normalized spacial score (nSPS) is 10.6. The minimum Gasteiger partial charge on any atom is -0.379 e. The van der Waals surface area contributed by atoms with E-state index in [0.717, 1.165) is 30.4 Å². The van der Waals surface area contributed by atoms with Crippen LogP contribution < -0.4 is 5.32 Å². The van der Waals surface area contributed by atoms with Crippen LogP contribution in [0, 0.1) is 6.92 Å². The Labute approximate surface area is 107 Å². The van der Waals surface area contributed by atoms with Crippen molar-refractivity contribution in [2.45, 2.75) is 27.0 Å². The molecule has 1 aromatic carbocycles. The summed E-state index contributed by atoms with van der Waals surface area (Å²) in [7, 11) is 0. The Balaban J connectivity index is 1.99. The number of rotatable bonds is 6. The van der Waals surface area contributed by atoms with E-state index >= 15 is 0 Å². The number of anilines is 1. The zero-order chi connectivity index (χ0) is 12.8. The van der Waals surface area contributed by atoms with Gasteiger partial charge in [0.05, 0.1) is 25.0 Å². The summed E-state index contributed by atoms with van der Waals surface area (Å²) in [5, 5.41) is 3.40. The molecule has 2 N–H and O–H groups in total. The molecule has 0 unspecified atom stereocenters. The second kappa shape index (κ2) is 6.21. The quantitative estimate of drug-likeness (QED) is 0.822. The minimum atomic E-state index is 0.641. The second-order valence-corrected chi connectivity index (χ2v) is 4.14. The number of nitrogens with one attached hydrogen (secondary N) is 2.